The molecule has 8 heteroatoms. The number of nitrogens with zero attached hydrogens (tertiary/aromatic N) is 1. The average Bonchev–Trinajstić information content (AvgIpc) is 2.66. The third-order valence-corrected chi connectivity index (χ3v) is 4.77. The molecule has 2 atom stereocenters. The Hall–Kier alpha value is -2.61. The molecule has 0 heterocycles. The molecule has 0 saturated heterocycles. The zero-order chi connectivity index (χ0) is 25.6. The van der Waals surface area contributed by atoms with Gasteiger partial charge in [-0.2, -0.15) is 0 Å². The molecule has 8 nitrogen and oxygen atoms in total. The molecule has 0 saturated carbocycles. The Kier molecular flexibility index (Phi) is 9.90. The molecular weight excluding hydrogens is 422 g/mol. The molecule has 2 unspecified atom stereocenters. The van der Waals surface area contributed by atoms with Crippen LogP contribution in [0.4, 0.5) is 4.79 Å². The predicted octanol–water partition coefficient (Wildman–Crippen LogP) is 3.33. The average molecular weight is 464 g/mol. The standard InChI is InChI=1S/C25H41N3O5/c1-10-17-11-13-18(14-12-17)20(21(30)26-16(2)3)28(24(4,5)6)22(31)19(15-29)27-23(32)33-25(7,8)9/h11-14,16,19-20,29H,10,15H2,1-9H3,(H,26,30)(H,27,32). The van der Waals surface area contributed by atoms with Gasteiger partial charge in [0.1, 0.15) is 17.7 Å². The number of amides is 3. The Morgan fingerprint density at radius 3 is 1.94 bits per heavy atom. The van der Waals surface area contributed by atoms with Crippen molar-refractivity contribution in [3.63, 3.8) is 0 Å². The topological polar surface area (TPSA) is 108 Å². The fraction of sp³-hybridized carbons (Fsp3) is 0.640. The van der Waals surface area contributed by atoms with Crippen molar-refractivity contribution in [2.24, 2.45) is 0 Å². The van der Waals surface area contributed by atoms with Crippen molar-refractivity contribution < 1.29 is 24.2 Å². The van der Waals surface area contributed by atoms with E-state index in [-0.39, 0.29) is 11.9 Å². The van der Waals surface area contributed by atoms with Crippen LogP contribution in [-0.2, 0) is 20.7 Å². The lowest BCUT2D eigenvalue weighted by Gasteiger charge is -2.43. The molecule has 0 aliphatic heterocycles. The van der Waals surface area contributed by atoms with Gasteiger partial charge in [-0.25, -0.2) is 4.79 Å². The van der Waals surface area contributed by atoms with E-state index in [4.69, 9.17) is 4.74 Å². The maximum Gasteiger partial charge on any atom is 0.408 e. The molecule has 1 aromatic carbocycles. The minimum atomic E-state index is -1.27. The van der Waals surface area contributed by atoms with Crippen molar-refractivity contribution in [1.82, 2.24) is 15.5 Å². The second kappa shape index (κ2) is 11.5. The number of ether oxygens (including phenoxy) is 1. The van der Waals surface area contributed by atoms with Gasteiger partial charge in [0, 0.05) is 11.6 Å². The summed E-state index contributed by atoms with van der Waals surface area (Å²) in [5, 5.41) is 15.3. The first-order valence-electron chi connectivity index (χ1n) is 11.4. The van der Waals surface area contributed by atoms with Crippen molar-refractivity contribution in [3.8, 4) is 0 Å². The van der Waals surface area contributed by atoms with Crippen molar-refractivity contribution >= 4 is 17.9 Å². The second-order valence-corrected chi connectivity index (χ2v) is 10.4. The van der Waals surface area contributed by atoms with Crippen LogP contribution in [0.15, 0.2) is 24.3 Å². The summed E-state index contributed by atoms with van der Waals surface area (Å²) < 4.78 is 5.25. The molecule has 0 bridgehead atoms. The molecule has 186 valence electrons. The van der Waals surface area contributed by atoms with E-state index in [0.717, 1.165) is 12.0 Å². The highest BCUT2D eigenvalue weighted by atomic mass is 16.6. The molecule has 0 aliphatic rings. The van der Waals surface area contributed by atoms with Gasteiger partial charge in [-0.05, 0) is 72.9 Å². The number of carbonyl (C=O) groups is 3. The number of rotatable bonds is 8. The first-order chi connectivity index (χ1) is 15.1. The predicted molar refractivity (Wildman–Crippen MR) is 129 cm³/mol. The van der Waals surface area contributed by atoms with Crippen LogP contribution in [0.3, 0.4) is 0 Å². The number of benzene rings is 1. The van der Waals surface area contributed by atoms with E-state index in [0.29, 0.717) is 5.56 Å². The number of aliphatic hydroxyl groups is 1. The summed E-state index contributed by atoms with van der Waals surface area (Å²) in [7, 11) is 0. The lowest BCUT2D eigenvalue weighted by atomic mass is 9.94. The third kappa shape index (κ3) is 8.68. The molecule has 3 N–H and O–H groups in total. The summed E-state index contributed by atoms with van der Waals surface area (Å²) in [5.41, 5.74) is 0.179. The van der Waals surface area contributed by atoms with Gasteiger partial charge in [0.25, 0.3) is 0 Å². The number of aryl methyl sites for hydroxylation is 1. The molecule has 0 aliphatic carbocycles. The van der Waals surface area contributed by atoms with Gasteiger partial charge < -0.3 is 25.4 Å². The first-order valence-corrected chi connectivity index (χ1v) is 11.4. The van der Waals surface area contributed by atoms with E-state index in [1.54, 1.807) is 20.8 Å². The van der Waals surface area contributed by atoms with Crippen LogP contribution in [-0.4, -0.2) is 57.7 Å². The minimum Gasteiger partial charge on any atom is -0.444 e. The van der Waals surface area contributed by atoms with Crippen molar-refractivity contribution in [2.75, 3.05) is 6.61 Å². The third-order valence-electron chi connectivity index (χ3n) is 4.77. The largest absolute Gasteiger partial charge is 0.444 e. The Bertz CT molecular complexity index is 807. The van der Waals surface area contributed by atoms with Crippen molar-refractivity contribution in [3.05, 3.63) is 35.4 Å². The summed E-state index contributed by atoms with van der Waals surface area (Å²) in [4.78, 5) is 40.7. The monoisotopic (exact) mass is 463 g/mol. The highest BCUT2D eigenvalue weighted by Gasteiger charge is 2.41. The first kappa shape index (κ1) is 28.4. The fourth-order valence-corrected chi connectivity index (χ4v) is 3.37. The van der Waals surface area contributed by atoms with Gasteiger partial charge in [-0.3, -0.25) is 9.59 Å². The Balaban J connectivity index is 3.45. The van der Waals surface area contributed by atoms with E-state index in [1.165, 1.54) is 4.90 Å². The number of alkyl carbamates (subject to hydrolysis) is 1. The Morgan fingerprint density at radius 1 is 1.00 bits per heavy atom. The Labute approximate surface area is 198 Å². The van der Waals surface area contributed by atoms with Crippen molar-refractivity contribution in [1.29, 1.82) is 0 Å². The highest BCUT2D eigenvalue weighted by molar-refractivity contribution is 5.92. The lowest BCUT2D eigenvalue weighted by molar-refractivity contribution is -0.149. The number of hydrogen-bond donors (Lipinski definition) is 3. The van der Waals surface area contributed by atoms with Crippen LogP contribution < -0.4 is 10.6 Å². The summed E-state index contributed by atoms with van der Waals surface area (Å²) >= 11 is 0. The highest BCUT2D eigenvalue weighted by Crippen LogP contribution is 2.30. The molecular formula is C25H41N3O5. The molecule has 3 amide bonds. The van der Waals surface area contributed by atoms with Gasteiger partial charge in [-0.15, -0.1) is 0 Å². The van der Waals surface area contributed by atoms with Crippen LogP contribution in [0.2, 0.25) is 0 Å². The maximum absolute atomic E-state index is 13.7. The van der Waals surface area contributed by atoms with Gasteiger partial charge in [-0.1, -0.05) is 31.2 Å². The van der Waals surface area contributed by atoms with E-state index < -0.39 is 41.8 Å². The fourth-order valence-electron chi connectivity index (χ4n) is 3.37. The molecule has 0 aromatic heterocycles. The normalized spacial score (nSPS) is 13.8. The van der Waals surface area contributed by atoms with E-state index in [1.807, 2.05) is 65.8 Å². The van der Waals surface area contributed by atoms with Crippen molar-refractivity contribution in [2.45, 2.75) is 98.0 Å². The van der Waals surface area contributed by atoms with E-state index in [2.05, 4.69) is 10.6 Å². The van der Waals surface area contributed by atoms with Gasteiger partial charge in [0.2, 0.25) is 11.8 Å². The number of carbonyl (C=O) groups excluding carboxylic acids is 3. The summed E-state index contributed by atoms with van der Waals surface area (Å²) in [6.45, 7) is 15.6. The summed E-state index contributed by atoms with van der Waals surface area (Å²) in [5.74, 6) is -0.925. The lowest BCUT2D eigenvalue weighted by Crippen LogP contribution is -2.59. The number of hydrogen-bond acceptors (Lipinski definition) is 5. The minimum absolute atomic E-state index is 0.139. The Morgan fingerprint density at radius 2 is 1.55 bits per heavy atom. The van der Waals surface area contributed by atoms with Crippen LogP contribution in [0.5, 0.6) is 0 Å². The van der Waals surface area contributed by atoms with Crippen LogP contribution in [0.25, 0.3) is 0 Å². The van der Waals surface area contributed by atoms with Crippen LogP contribution >= 0.6 is 0 Å². The van der Waals surface area contributed by atoms with Crippen LogP contribution in [0, 0.1) is 0 Å². The van der Waals surface area contributed by atoms with Gasteiger partial charge in [0.15, 0.2) is 0 Å². The molecule has 0 radical (unpaired) electrons. The van der Waals surface area contributed by atoms with Crippen LogP contribution in [0.1, 0.15) is 79.5 Å². The molecule has 0 fully saturated rings. The molecule has 1 aromatic rings. The zero-order valence-corrected chi connectivity index (χ0v) is 21.5. The number of aliphatic hydroxyl groups excluding tert-OH is 1. The molecule has 0 spiro atoms. The second-order valence-electron chi connectivity index (χ2n) is 10.4. The maximum atomic E-state index is 13.7. The quantitative estimate of drug-likeness (QED) is 0.548. The SMILES string of the molecule is CCc1ccc(C(C(=O)NC(C)C)N(C(=O)C(CO)NC(=O)OC(C)(C)C)C(C)(C)C)cc1. The summed E-state index contributed by atoms with van der Waals surface area (Å²) in [6.07, 6.45) is 0.0245. The zero-order valence-electron chi connectivity index (χ0n) is 21.5. The molecule has 33 heavy (non-hydrogen) atoms. The van der Waals surface area contributed by atoms with Gasteiger partial charge >= 0.3 is 6.09 Å². The number of nitrogens with one attached hydrogen (secondary N) is 2. The van der Waals surface area contributed by atoms with E-state index >= 15 is 0 Å². The van der Waals surface area contributed by atoms with Gasteiger partial charge in [0.05, 0.1) is 6.61 Å². The van der Waals surface area contributed by atoms with E-state index in [9.17, 15) is 19.5 Å². The summed E-state index contributed by atoms with van der Waals surface area (Å²) in [6, 6.07) is 5.16. The molecule has 1 rings (SSSR count). The smallest absolute Gasteiger partial charge is 0.408 e.